The maximum Gasteiger partial charge on any atom is 0.253 e. The van der Waals surface area contributed by atoms with Gasteiger partial charge in [0.1, 0.15) is 0 Å². The van der Waals surface area contributed by atoms with Crippen LogP contribution in [0.2, 0.25) is 0 Å². The number of nitrogens with one attached hydrogen (secondary N) is 1. The molecule has 0 spiro atoms. The molecule has 28 heavy (non-hydrogen) atoms. The van der Waals surface area contributed by atoms with Gasteiger partial charge in [-0.1, -0.05) is 20.8 Å². The molecular weight excluding hydrogens is 354 g/mol. The van der Waals surface area contributed by atoms with Crippen molar-refractivity contribution in [2.75, 3.05) is 45.8 Å². The van der Waals surface area contributed by atoms with Gasteiger partial charge in [0.15, 0.2) is 0 Å². The maximum absolute atomic E-state index is 12.4. The fourth-order valence-electron chi connectivity index (χ4n) is 3.96. The van der Waals surface area contributed by atoms with E-state index in [4.69, 9.17) is 0 Å². The average molecular weight is 390 g/mol. The molecule has 3 rings (SSSR count). The van der Waals surface area contributed by atoms with Crippen molar-refractivity contribution in [3.8, 4) is 0 Å². The lowest BCUT2D eigenvalue weighted by molar-refractivity contribution is -0.120. The summed E-state index contributed by atoms with van der Waals surface area (Å²) in [4.78, 5) is 33.3. The SMILES string of the molecule is CC(C)(C)c1cc(=O)n(CC2CCN(CCN3CCNC(=O)CC3)CC2)cn1. The Morgan fingerprint density at radius 2 is 1.75 bits per heavy atom. The summed E-state index contributed by atoms with van der Waals surface area (Å²) in [7, 11) is 0. The van der Waals surface area contributed by atoms with Gasteiger partial charge in [0.25, 0.3) is 5.56 Å². The fourth-order valence-corrected chi connectivity index (χ4v) is 3.96. The van der Waals surface area contributed by atoms with Crippen molar-refractivity contribution < 1.29 is 4.79 Å². The number of carbonyl (C=O) groups excluding carboxylic acids is 1. The van der Waals surface area contributed by atoms with Crippen molar-refractivity contribution in [2.45, 2.75) is 52.0 Å². The predicted molar refractivity (Wildman–Crippen MR) is 110 cm³/mol. The van der Waals surface area contributed by atoms with Gasteiger partial charge in [0.2, 0.25) is 5.91 Å². The molecule has 2 fully saturated rings. The van der Waals surface area contributed by atoms with E-state index in [0.717, 1.165) is 70.9 Å². The molecule has 0 aliphatic carbocycles. The van der Waals surface area contributed by atoms with Crippen LogP contribution in [-0.4, -0.2) is 71.1 Å². The van der Waals surface area contributed by atoms with E-state index in [9.17, 15) is 9.59 Å². The van der Waals surface area contributed by atoms with Crippen LogP contribution in [0.5, 0.6) is 0 Å². The highest BCUT2D eigenvalue weighted by Gasteiger charge is 2.22. The Bertz CT molecular complexity index is 716. The number of hydrogen-bond acceptors (Lipinski definition) is 5. The molecule has 0 radical (unpaired) electrons. The first-order chi connectivity index (χ1) is 13.3. The second kappa shape index (κ2) is 9.18. The Morgan fingerprint density at radius 3 is 2.39 bits per heavy atom. The smallest absolute Gasteiger partial charge is 0.253 e. The molecule has 0 saturated carbocycles. The van der Waals surface area contributed by atoms with Gasteiger partial charge in [-0.3, -0.25) is 19.1 Å². The summed E-state index contributed by atoms with van der Waals surface area (Å²) in [6.07, 6.45) is 4.57. The van der Waals surface area contributed by atoms with Crippen LogP contribution < -0.4 is 10.9 Å². The zero-order valence-corrected chi connectivity index (χ0v) is 17.6. The number of hydrogen-bond donors (Lipinski definition) is 1. The van der Waals surface area contributed by atoms with Gasteiger partial charge >= 0.3 is 0 Å². The lowest BCUT2D eigenvalue weighted by Gasteiger charge is -2.33. The highest BCUT2D eigenvalue weighted by Crippen LogP contribution is 2.20. The molecule has 2 saturated heterocycles. The van der Waals surface area contributed by atoms with Crippen LogP contribution in [0.4, 0.5) is 0 Å². The summed E-state index contributed by atoms with van der Waals surface area (Å²) in [5, 5.41) is 2.93. The molecule has 1 amide bonds. The minimum absolute atomic E-state index is 0.0617. The Kier molecular flexibility index (Phi) is 6.88. The number of rotatable bonds is 5. The molecule has 2 aliphatic rings. The van der Waals surface area contributed by atoms with E-state index in [1.165, 1.54) is 0 Å². The normalized spacial score (nSPS) is 20.8. The van der Waals surface area contributed by atoms with Crippen LogP contribution in [0.25, 0.3) is 0 Å². The number of aromatic nitrogens is 2. The van der Waals surface area contributed by atoms with E-state index >= 15 is 0 Å². The number of nitrogens with zero attached hydrogens (tertiary/aromatic N) is 4. The molecule has 2 aliphatic heterocycles. The van der Waals surface area contributed by atoms with Gasteiger partial charge < -0.3 is 10.2 Å². The number of amides is 1. The first-order valence-corrected chi connectivity index (χ1v) is 10.6. The Hall–Kier alpha value is -1.73. The molecule has 156 valence electrons. The molecule has 3 heterocycles. The Balaban J connectivity index is 1.43. The summed E-state index contributed by atoms with van der Waals surface area (Å²) in [6, 6.07) is 1.69. The third kappa shape index (κ3) is 5.88. The molecule has 0 atom stereocenters. The van der Waals surface area contributed by atoms with Crippen LogP contribution in [0.3, 0.4) is 0 Å². The summed E-state index contributed by atoms with van der Waals surface area (Å²) in [5.41, 5.74) is 0.820. The first kappa shape index (κ1) is 21.0. The summed E-state index contributed by atoms with van der Waals surface area (Å²) in [6.45, 7) is 13.8. The molecule has 0 aromatic carbocycles. The molecule has 1 aromatic heterocycles. The van der Waals surface area contributed by atoms with Gasteiger partial charge in [-0.25, -0.2) is 4.98 Å². The van der Waals surface area contributed by atoms with Crippen molar-refractivity contribution in [1.82, 2.24) is 24.7 Å². The molecular formula is C21H35N5O2. The molecule has 0 bridgehead atoms. The van der Waals surface area contributed by atoms with Gasteiger partial charge in [-0.2, -0.15) is 0 Å². The summed E-state index contributed by atoms with van der Waals surface area (Å²) >= 11 is 0. The number of carbonyl (C=O) groups is 1. The van der Waals surface area contributed by atoms with E-state index < -0.39 is 0 Å². The molecule has 7 heteroatoms. The third-order valence-electron chi connectivity index (χ3n) is 5.95. The van der Waals surface area contributed by atoms with Crippen molar-refractivity contribution >= 4 is 5.91 Å². The zero-order chi connectivity index (χ0) is 20.1. The second-order valence-corrected chi connectivity index (χ2v) is 9.24. The highest BCUT2D eigenvalue weighted by atomic mass is 16.1. The van der Waals surface area contributed by atoms with E-state index in [1.807, 2.05) is 0 Å². The van der Waals surface area contributed by atoms with Crippen molar-refractivity contribution in [3.05, 3.63) is 28.4 Å². The minimum Gasteiger partial charge on any atom is -0.355 e. The molecule has 1 aromatic rings. The largest absolute Gasteiger partial charge is 0.355 e. The standard InChI is InChI=1S/C21H35N5O2/c1-21(2,3)18-14-20(28)26(16-23-18)15-17-4-8-24(9-5-17)12-13-25-10-6-19(27)22-7-11-25/h14,16-17H,4-13,15H2,1-3H3,(H,22,27). The van der Waals surface area contributed by atoms with Crippen molar-refractivity contribution in [3.63, 3.8) is 0 Å². The van der Waals surface area contributed by atoms with Crippen LogP contribution >= 0.6 is 0 Å². The maximum atomic E-state index is 12.4. The summed E-state index contributed by atoms with van der Waals surface area (Å²) < 4.78 is 1.77. The zero-order valence-electron chi connectivity index (χ0n) is 17.6. The van der Waals surface area contributed by atoms with Gasteiger partial charge in [-0.15, -0.1) is 0 Å². The lowest BCUT2D eigenvalue weighted by atomic mass is 9.92. The second-order valence-electron chi connectivity index (χ2n) is 9.24. The van der Waals surface area contributed by atoms with Crippen LogP contribution in [0.1, 0.15) is 45.7 Å². The minimum atomic E-state index is -0.0969. The predicted octanol–water partition coefficient (Wildman–Crippen LogP) is 1.07. The quantitative estimate of drug-likeness (QED) is 0.816. The molecule has 7 nitrogen and oxygen atoms in total. The third-order valence-corrected chi connectivity index (χ3v) is 5.95. The monoisotopic (exact) mass is 389 g/mol. The van der Waals surface area contributed by atoms with Gasteiger partial charge in [0.05, 0.1) is 12.0 Å². The van der Waals surface area contributed by atoms with Gasteiger partial charge in [-0.05, 0) is 31.8 Å². The first-order valence-electron chi connectivity index (χ1n) is 10.6. The van der Waals surface area contributed by atoms with Crippen molar-refractivity contribution in [2.24, 2.45) is 5.92 Å². The van der Waals surface area contributed by atoms with E-state index in [-0.39, 0.29) is 16.9 Å². The van der Waals surface area contributed by atoms with Crippen LogP contribution in [0.15, 0.2) is 17.2 Å². The number of likely N-dealkylation sites (tertiary alicyclic amines) is 1. The van der Waals surface area contributed by atoms with Crippen LogP contribution in [-0.2, 0) is 16.8 Å². The van der Waals surface area contributed by atoms with E-state index in [2.05, 4.69) is 40.9 Å². The van der Waals surface area contributed by atoms with Crippen molar-refractivity contribution in [1.29, 1.82) is 0 Å². The van der Waals surface area contributed by atoms with E-state index in [0.29, 0.717) is 12.3 Å². The Labute approximate surface area is 168 Å². The fraction of sp³-hybridized carbons (Fsp3) is 0.762. The highest BCUT2D eigenvalue weighted by molar-refractivity contribution is 5.76. The molecule has 0 unspecified atom stereocenters. The molecule has 1 N–H and O–H groups in total. The topological polar surface area (TPSA) is 70.5 Å². The number of piperidine rings is 1. The summed E-state index contributed by atoms with van der Waals surface area (Å²) in [5.74, 6) is 0.708. The lowest BCUT2D eigenvalue weighted by Crippen LogP contribution is -2.41. The van der Waals surface area contributed by atoms with Crippen LogP contribution in [0, 0.1) is 5.92 Å². The van der Waals surface area contributed by atoms with E-state index in [1.54, 1.807) is 17.0 Å². The van der Waals surface area contributed by atoms with Gasteiger partial charge in [0, 0.05) is 57.2 Å². The Morgan fingerprint density at radius 1 is 1.07 bits per heavy atom. The average Bonchev–Trinajstić information content (AvgIpc) is 2.86.